The van der Waals surface area contributed by atoms with Gasteiger partial charge in [-0.1, -0.05) is 23.4 Å². The number of ketones is 1. The zero-order chi connectivity index (χ0) is 11.1. The first kappa shape index (κ1) is 9.15. The number of carbonyl (C=O) groups excluding carboxylic acids is 1. The van der Waals surface area contributed by atoms with Crippen LogP contribution in [0.4, 0.5) is 0 Å². The molecule has 2 N–H and O–H groups in total. The van der Waals surface area contributed by atoms with Crippen molar-refractivity contribution in [3.05, 3.63) is 35.5 Å². The average molecular weight is 214 g/mol. The Morgan fingerprint density at radius 3 is 2.88 bits per heavy atom. The summed E-state index contributed by atoms with van der Waals surface area (Å²) >= 11 is 0. The van der Waals surface area contributed by atoms with Crippen LogP contribution in [0.2, 0.25) is 0 Å². The lowest BCUT2D eigenvalue weighted by molar-refractivity contribution is 0.105. The van der Waals surface area contributed by atoms with Crippen molar-refractivity contribution < 1.29 is 10.0 Å². The van der Waals surface area contributed by atoms with E-state index in [0.717, 1.165) is 23.0 Å². The fourth-order valence-electron chi connectivity index (χ4n) is 2.24. The first-order chi connectivity index (χ1) is 7.81. The lowest BCUT2D eigenvalue weighted by Crippen LogP contribution is -2.21. The highest BCUT2D eigenvalue weighted by molar-refractivity contribution is 6.48. The molecule has 16 heavy (non-hydrogen) atoms. The summed E-state index contributed by atoms with van der Waals surface area (Å²) in [4.78, 5) is 15.2. The number of benzene rings is 1. The number of para-hydroxylation sites is 1. The molecule has 0 saturated heterocycles. The Morgan fingerprint density at radius 2 is 2.06 bits per heavy atom. The quantitative estimate of drug-likeness (QED) is 0.521. The molecule has 2 aromatic rings. The van der Waals surface area contributed by atoms with Gasteiger partial charge >= 0.3 is 0 Å². The minimum Gasteiger partial charge on any atom is -0.411 e. The number of Topliss-reactive ketones (excluding diaryl/α,β-unsaturated/α-hetero) is 1. The van der Waals surface area contributed by atoms with Crippen LogP contribution in [0.15, 0.2) is 29.4 Å². The predicted molar refractivity (Wildman–Crippen MR) is 60.2 cm³/mol. The summed E-state index contributed by atoms with van der Waals surface area (Å²) in [6.45, 7) is 0. The van der Waals surface area contributed by atoms with Crippen molar-refractivity contribution in [1.82, 2.24) is 4.98 Å². The monoisotopic (exact) mass is 214 g/mol. The molecule has 80 valence electrons. The van der Waals surface area contributed by atoms with Crippen LogP contribution in [0, 0.1) is 0 Å². The van der Waals surface area contributed by atoms with Gasteiger partial charge in [0.2, 0.25) is 5.78 Å². The molecule has 0 fully saturated rings. The summed E-state index contributed by atoms with van der Waals surface area (Å²) in [5, 5.41) is 12.7. The maximum Gasteiger partial charge on any atom is 0.213 e. The van der Waals surface area contributed by atoms with Crippen LogP contribution in [0.3, 0.4) is 0 Å². The largest absolute Gasteiger partial charge is 0.411 e. The highest BCUT2D eigenvalue weighted by atomic mass is 16.4. The summed E-state index contributed by atoms with van der Waals surface area (Å²) in [6.07, 6.45) is 1.21. The number of oxime groups is 1. The third-order valence-corrected chi connectivity index (χ3v) is 3.01. The van der Waals surface area contributed by atoms with Crippen LogP contribution in [-0.2, 0) is 6.42 Å². The lowest BCUT2D eigenvalue weighted by atomic mass is 9.93. The summed E-state index contributed by atoms with van der Waals surface area (Å²) in [6, 6.07) is 7.67. The zero-order valence-corrected chi connectivity index (χ0v) is 8.53. The molecular formula is C12H10N2O2. The number of aryl methyl sites for hydroxylation is 1. The fraction of sp³-hybridized carbons (Fsp3) is 0.167. The van der Waals surface area contributed by atoms with E-state index in [9.17, 15) is 4.79 Å². The van der Waals surface area contributed by atoms with Crippen molar-refractivity contribution >= 4 is 22.4 Å². The number of nitrogens with one attached hydrogen (secondary N) is 1. The fourth-order valence-corrected chi connectivity index (χ4v) is 2.24. The second-order valence-electron chi connectivity index (χ2n) is 3.90. The van der Waals surface area contributed by atoms with E-state index in [0.29, 0.717) is 12.0 Å². The molecule has 1 aliphatic carbocycles. The molecule has 1 heterocycles. The number of H-pyrrole nitrogens is 1. The zero-order valence-electron chi connectivity index (χ0n) is 8.53. The highest BCUT2D eigenvalue weighted by Crippen LogP contribution is 2.27. The molecule has 3 rings (SSSR count). The number of aromatic nitrogens is 1. The number of hydrogen-bond donors (Lipinski definition) is 2. The number of nitrogens with zero attached hydrogens (tertiary/aromatic N) is 1. The average Bonchev–Trinajstić information content (AvgIpc) is 2.68. The van der Waals surface area contributed by atoms with Crippen LogP contribution in [0.25, 0.3) is 10.9 Å². The van der Waals surface area contributed by atoms with E-state index < -0.39 is 0 Å². The molecule has 1 aliphatic rings. The second-order valence-corrected chi connectivity index (χ2v) is 3.90. The van der Waals surface area contributed by atoms with Crippen LogP contribution in [0.1, 0.15) is 22.5 Å². The Kier molecular flexibility index (Phi) is 1.83. The van der Waals surface area contributed by atoms with Crippen LogP contribution >= 0.6 is 0 Å². The molecule has 0 bridgehead atoms. The number of carbonyl (C=O) groups is 1. The number of aromatic amines is 1. The van der Waals surface area contributed by atoms with E-state index in [2.05, 4.69) is 10.1 Å². The van der Waals surface area contributed by atoms with Crippen molar-refractivity contribution in [2.75, 3.05) is 0 Å². The minimum atomic E-state index is -0.166. The van der Waals surface area contributed by atoms with E-state index in [1.54, 1.807) is 0 Å². The van der Waals surface area contributed by atoms with Crippen molar-refractivity contribution in [3.8, 4) is 0 Å². The van der Waals surface area contributed by atoms with Gasteiger partial charge < -0.3 is 10.2 Å². The molecule has 1 aromatic carbocycles. The molecule has 4 heteroatoms. The standard InChI is InChI=1S/C12H10N2O2/c15-12-10(14-16)6-5-9-11(12)7-3-1-2-4-8(7)13-9/h1-4,13,16H,5-6H2. The van der Waals surface area contributed by atoms with Gasteiger partial charge in [-0.15, -0.1) is 0 Å². The Bertz CT molecular complexity index is 611. The van der Waals surface area contributed by atoms with Gasteiger partial charge in [0, 0.05) is 23.0 Å². The molecule has 0 aliphatic heterocycles. The van der Waals surface area contributed by atoms with Gasteiger partial charge in [-0.3, -0.25) is 4.79 Å². The molecule has 0 atom stereocenters. The molecule has 1 aromatic heterocycles. The van der Waals surface area contributed by atoms with Gasteiger partial charge in [-0.2, -0.15) is 0 Å². The summed E-state index contributed by atoms with van der Waals surface area (Å²) in [5.41, 5.74) is 2.81. The maximum absolute atomic E-state index is 12.0. The molecule has 0 saturated carbocycles. The highest BCUT2D eigenvalue weighted by Gasteiger charge is 2.27. The molecule has 0 spiro atoms. The van der Waals surface area contributed by atoms with Crippen LogP contribution < -0.4 is 0 Å². The molecule has 0 amide bonds. The van der Waals surface area contributed by atoms with E-state index >= 15 is 0 Å². The SMILES string of the molecule is O=C1C(=NO)CCc2[nH]c3ccccc3c21. The number of rotatable bonds is 0. The van der Waals surface area contributed by atoms with Gasteiger partial charge in [-0.25, -0.2) is 0 Å². The van der Waals surface area contributed by atoms with Gasteiger partial charge in [0.1, 0.15) is 5.71 Å². The smallest absolute Gasteiger partial charge is 0.213 e. The summed E-state index contributed by atoms with van der Waals surface area (Å²) in [7, 11) is 0. The lowest BCUT2D eigenvalue weighted by Gasteiger charge is -2.10. The third-order valence-electron chi connectivity index (χ3n) is 3.01. The normalized spacial score (nSPS) is 18.0. The summed E-state index contributed by atoms with van der Waals surface area (Å²) in [5.74, 6) is -0.166. The molecule has 4 nitrogen and oxygen atoms in total. The van der Waals surface area contributed by atoms with Crippen molar-refractivity contribution in [2.24, 2.45) is 5.16 Å². The maximum atomic E-state index is 12.0. The Morgan fingerprint density at radius 1 is 1.25 bits per heavy atom. The Balaban J connectivity index is 2.32. The molecule has 0 unspecified atom stereocenters. The van der Waals surface area contributed by atoms with Crippen molar-refractivity contribution in [1.29, 1.82) is 0 Å². The topological polar surface area (TPSA) is 65.4 Å². The van der Waals surface area contributed by atoms with Crippen LogP contribution in [0.5, 0.6) is 0 Å². The van der Waals surface area contributed by atoms with E-state index in [1.807, 2.05) is 24.3 Å². The summed E-state index contributed by atoms with van der Waals surface area (Å²) < 4.78 is 0. The first-order valence-corrected chi connectivity index (χ1v) is 5.16. The van der Waals surface area contributed by atoms with Gasteiger partial charge in [0.05, 0.1) is 5.56 Å². The van der Waals surface area contributed by atoms with Gasteiger partial charge in [0.25, 0.3) is 0 Å². The minimum absolute atomic E-state index is 0.166. The number of fused-ring (bicyclic) bond motifs is 3. The van der Waals surface area contributed by atoms with E-state index in [-0.39, 0.29) is 11.5 Å². The second kappa shape index (κ2) is 3.20. The van der Waals surface area contributed by atoms with E-state index in [1.165, 1.54) is 0 Å². The van der Waals surface area contributed by atoms with Gasteiger partial charge in [0.15, 0.2) is 0 Å². The predicted octanol–water partition coefficient (Wildman–Crippen LogP) is 2.13. The van der Waals surface area contributed by atoms with Crippen molar-refractivity contribution in [3.63, 3.8) is 0 Å². The Labute approximate surface area is 91.6 Å². The number of hydrogen-bond acceptors (Lipinski definition) is 3. The van der Waals surface area contributed by atoms with Crippen LogP contribution in [-0.4, -0.2) is 21.7 Å². The molecular weight excluding hydrogens is 204 g/mol. The third kappa shape index (κ3) is 1.10. The Hall–Kier alpha value is -2.10. The first-order valence-electron chi connectivity index (χ1n) is 5.16. The van der Waals surface area contributed by atoms with E-state index in [4.69, 9.17) is 5.21 Å². The van der Waals surface area contributed by atoms with Gasteiger partial charge in [-0.05, 0) is 12.5 Å². The molecule has 0 radical (unpaired) electrons. The van der Waals surface area contributed by atoms with Crippen molar-refractivity contribution in [2.45, 2.75) is 12.8 Å².